The first-order valence-corrected chi connectivity index (χ1v) is 8.34. The SMILES string of the molecule is COC(=O)CC(NC(=O)CNC(=O)C1CC1)c1ccc(OC)c(OC)c1. The number of amides is 2. The van der Waals surface area contributed by atoms with Gasteiger partial charge in [0.15, 0.2) is 11.5 Å². The number of carbonyl (C=O) groups excluding carboxylic acids is 3. The number of esters is 1. The van der Waals surface area contributed by atoms with Crippen LogP contribution in [0.15, 0.2) is 18.2 Å². The molecule has 0 heterocycles. The predicted octanol–water partition coefficient (Wildman–Crippen LogP) is 0.950. The molecular weight excluding hydrogens is 340 g/mol. The maximum atomic E-state index is 12.2. The molecule has 2 amide bonds. The Morgan fingerprint density at radius 3 is 2.38 bits per heavy atom. The number of nitrogens with one attached hydrogen (secondary N) is 2. The van der Waals surface area contributed by atoms with Crippen LogP contribution in [0.2, 0.25) is 0 Å². The first kappa shape index (κ1) is 19.6. The Bertz CT molecular complexity index is 672. The molecule has 2 N–H and O–H groups in total. The molecule has 142 valence electrons. The number of methoxy groups -OCH3 is 3. The smallest absolute Gasteiger partial charge is 0.307 e. The molecule has 0 radical (unpaired) electrons. The molecule has 2 rings (SSSR count). The highest BCUT2D eigenvalue weighted by Crippen LogP contribution is 2.31. The van der Waals surface area contributed by atoms with Gasteiger partial charge in [0.1, 0.15) is 0 Å². The number of hydrogen-bond donors (Lipinski definition) is 2. The lowest BCUT2D eigenvalue weighted by Gasteiger charge is -2.20. The Balaban J connectivity index is 2.08. The van der Waals surface area contributed by atoms with Crippen molar-refractivity contribution in [3.05, 3.63) is 23.8 Å². The van der Waals surface area contributed by atoms with Crippen molar-refractivity contribution < 1.29 is 28.6 Å². The number of ether oxygens (including phenoxy) is 3. The van der Waals surface area contributed by atoms with Crippen LogP contribution in [-0.4, -0.2) is 45.7 Å². The number of benzene rings is 1. The molecule has 0 aliphatic heterocycles. The Morgan fingerprint density at radius 1 is 1.12 bits per heavy atom. The van der Waals surface area contributed by atoms with E-state index in [1.165, 1.54) is 21.3 Å². The zero-order chi connectivity index (χ0) is 19.1. The highest BCUT2D eigenvalue weighted by Gasteiger charge is 2.30. The third kappa shape index (κ3) is 5.37. The van der Waals surface area contributed by atoms with E-state index < -0.39 is 12.0 Å². The summed E-state index contributed by atoms with van der Waals surface area (Å²) in [5, 5.41) is 5.35. The summed E-state index contributed by atoms with van der Waals surface area (Å²) in [5.41, 5.74) is 0.662. The second-order valence-electron chi connectivity index (χ2n) is 6.01. The van der Waals surface area contributed by atoms with E-state index in [4.69, 9.17) is 14.2 Å². The summed E-state index contributed by atoms with van der Waals surface area (Å²) in [7, 11) is 4.31. The molecule has 8 heteroatoms. The highest BCUT2D eigenvalue weighted by molar-refractivity contribution is 5.87. The maximum absolute atomic E-state index is 12.2. The molecule has 1 saturated carbocycles. The monoisotopic (exact) mass is 364 g/mol. The Labute approximate surface area is 152 Å². The van der Waals surface area contributed by atoms with E-state index in [-0.39, 0.29) is 30.7 Å². The van der Waals surface area contributed by atoms with Crippen LogP contribution in [0.5, 0.6) is 11.5 Å². The van der Waals surface area contributed by atoms with Gasteiger partial charge in [0, 0.05) is 5.92 Å². The second-order valence-corrected chi connectivity index (χ2v) is 6.01. The van der Waals surface area contributed by atoms with Crippen molar-refractivity contribution in [2.45, 2.75) is 25.3 Å². The van der Waals surface area contributed by atoms with Crippen LogP contribution >= 0.6 is 0 Å². The topological polar surface area (TPSA) is 103 Å². The van der Waals surface area contributed by atoms with Gasteiger partial charge in [-0.3, -0.25) is 14.4 Å². The third-order valence-corrected chi connectivity index (χ3v) is 4.11. The predicted molar refractivity (Wildman–Crippen MR) is 92.8 cm³/mol. The van der Waals surface area contributed by atoms with Crippen molar-refractivity contribution in [2.24, 2.45) is 5.92 Å². The molecule has 0 aromatic heterocycles. The third-order valence-electron chi connectivity index (χ3n) is 4.11. The molecule has 1 aromatic carbocycles. The van der Waals surface area contributed by atoms with Crippen LogP contribution in [0.25, 0.3) is 0 Å². The highest BCUT2D eigenvalue weighted by atomic mass is 16.5. The summed E-state index contributed by atoms with van der Waals surface area (Å²) in [6, 6.07) is 4.50. The molecule has 0 saturated heterocycles. The van der Waals surface area contributed by atoms with Crippen molar-refractivity contribution in [2.75, 3.05) is 27.9 Å². The van der Waals surface area contributed by atoms with Crippen molar-refractivity contribution in [3.8, 4) is 11.5 Å². The fourth-order valence-electron chi connectivity index (χ4n) is 2.47. The molecule has 0 bridgehead atoms. The average Bonchev–Trinajstić information content (AvgIpc) is 3.50. The minimum atomic E-state index is -0.618. The largest absolute Gasteiger partial charge is 0.493 e. The summed E-state index contributed by atoms with van der Waals surface area (Å²) in [6.07, 6.45) is 1.68. The van der Waals surface area contributed by atoms with Gasteiger partial charge in [0.2, 0.25) is 11.8 Å². The molecule has 0 spiro atoms. The minimum absolute atomic E-state index is 0.0273. The molecule has 8 nitrogen and oxygen atoms in total. The molecule has 1 aliphatic carbocycles. The van der Waals surface area contributed by atoms with E-state index in [9.17, 15) is 14.4 Å². The normalized spacial score (nSPS) is 14.1. The van der Waals surface area contributed by atoms with Gasteiger partial charge in [-0.15, -0.1) is 0 Å². The van der Waals surface area contributed by atoms with Crippen LogP contribution in [0, 0.1) is 5.92 Å². The first-order chi connectivity index (χ1) is 12.5. The summed E-state index contributed by atoms with van der Waals surface area (Å²) < 4.78 is 15.2. The molecule has 26 heavy (non-hydrogen) atoms. The van der Waals surface area contributed by atoms with Crippen molar-refractivity contribution in [3.63, 3.8) is 0 Å². The van der Waals surface area contributed by atoms with Crippen LogP contribution in [0.3, 0.4) is 0 Å². The second kappa shape index (κ2) is 9.07. The molecule has 1 aliphatic rings. The van der Waals surface area contributed by atoms with E-state index in [2.05, 4.69) is 10.6 Å². The molecular formula is C18H24N2O6. The summed E-state index contributed by atoms with van der Waals surface area (Å²) in [6.45, 7) is -0.139. The van der Waals surface area contributed by atoms with E-state index >= 15 is 0 Å². The number of hydrogen-bond acceptors (Lipinski definition) is 6. The van der Waals surface area contributed by atoms with Crippen LogP contribution < -0.4 is 20.1 Å². The van der Waals surface area contributed by atoms with E-state index in [0.717, 1.165) is 12.8 Å². The Morgan fingerprint density at radius 2 is 1.81 bits per heavy atom. The molecule has 1 unspecified atom stereocenters. The van der Waals surface area contributed by atoms with Crippen LogP contribution in [-0.2, 0) is 19.1 Å². The van der Waals surface area contributed by atoms with Crippen molar-refractivity contribution >= 4 is 17.8 Å². The van der Waals surface area contributed by atoms with Gasteiger partial charge in [-0.1, -0.05) is 6.07 Å². The lowest BCUT2D eigenvalue weighted by Crippen LogP contribution is -2.39. The van der Waals surface area contributed by atoms with Gasteiger partial charge in [0.05, 0.1) is 40.3 Å². The van der Waals surface area contributed by atoms with Gasteiger partial charge in [-0.25, -0.2) is 0 Å². The fraction of sp³-hybridized carbons (Fsp3) is 0.500. The van der Waals surface area contributed by atoms with Crippen LogP contribution in [0.1, 0.15) is 30.9 Å². The van der Waals surface area contributed by atoms with Crippen molar-refractivity contribution in [1.82, 2.24) is 10.6 Å². The lowest BCUT2D eigenvalue weighted by molar-refractivity contribution is -0.141. The Kier molecular flexibility index (Phi) is 6.82. The molecule has 1 atom stereocenters. The standard InChI is InChI=1S/C18H24N2O6/c1-24-14-7-6-12(8-15(14)25-2)13(9-17(22)26-3)20-16(21)10-19-18(23)11-4-5-11/h6-8,11,13H,4-5,9-10H2,1-3H3,(H,19,23)(H,20,21). The first-order valence-electron chi connectivity index (χ1n) is 8.34. The van der Waals surface area contributed by atoms with Crippen LogP contribution in [0.4, 0.5) is 0 Å². The fourth-order valence-corrected chi connectivity index (χ4v) is 2.47. The van der Waals surface area contributed by atoms with E-state index in [1.54, 1.807) is 18.2 Å². The molecule has 1 aromatic rings. The van der Waals surface area contributed by atoms with Gasteiger partial charge in [0.25, 0.3) is 0 Å². The summed E-state index contributed by atoms with van der Waals surface area (Å²) in [4.78, 5) is 35.6. The summed E-state index contributed by atoms with van der Waals surface area (Å²) in [5.74, 6) is 0.0809. The summed E-state index contributed by atoms with van der Waals surface area (Å²) >= 11 is 0. The van der Waals surface area contributed by atoms with E-state index in [0.29, 0.717) is 17.1 Å². The quantitative estimate of drug-likeness (QED) is 0.633. The average molecular weight is 364 g/mol. The number of rotatable bonds is 9. The molecule has 1 fully saturated rings. The van der Waals surface area contributed by atoms with Crippen molar-refractivity contribution in [1.29, 1.82) is 0 Å². The zero-order valence-electron chi connectivity index (χ0n) is 15.2. The zero-order valence-corrected chi connectivity index (χ0v) is 15.2. The Hall–Kier alpha value is -2.77. The van der Waals surface area contributed by atoms with Gasteiger partial charge in [-0.2, -0.15) is 0 Å². The van der Waals surface area contributed by atoms with Gasteiger partial charge < -0.3 is 24.8 Å². The van der Waals surface area contributed by atoms with Gasteiger partial charge in [-0.05, 0) is 30.5 Å². The van der Waals surface area contributed by atoms with Gasteiger partial charge >= 0.3 is 5.97 Å². The minimum Gasteiger partial charge on any atom is -0.493 e. The lowest BCUT2D eigenvalue weighted by atomic mass is 10.0. The maximum Gasteiger partial charge on any atom is 0.307 e. The number of carbonyl (C=O) groups is 3. The van der Waals surface area contributed by atoms with E-state index in [1.807, 2.05) is 0 Å².